The zero-order valence-corrected chi connectivity index (χ0v) is 18.3. The van der Waals surface area contributed by atoms with Gasteiger partial charge in [0.15, 0.2) is 5.13 Å². The summed E-state index contributed by atoms with van der Waals surface area (Å²) in [4.78, 5) is 29.5. The summed E-state index contributed by atoms with van der Waals surface area (Å²) in [6, 6.07) is 15.8. The normalized spacial score (nSPS) is 11.2. The molecule has 0 aliphatic carbocycles. The Balaban J connectivity index is 1.39. The van der Waals surface area contributed by atoms with Gasteiger partial charge >= 0.3 is 5.69 Å². The first-order valence-electron chi connectivity index (χ1n) is 10.0. The molecule has 160 valence electrons. The van der Waals surface area contributed by atoms with Crippen LogP contribution >= 0.6 is 11.3 Å². The van der Waals surface area contributed by atoms with Crippen LogP contribution in [-0.2, 0) is 29.5 Å². The minimum absolute atomic E-state index is 0.125. The van der Waals surface area contributed by atoms with Crippen molar-refractivity contribution in [2.45, 2.75) is 19.4 Å². The van der Waals surface area contributed by atoms with Gasteiger partial charge in [-0.2, -0.15) is 0 Å². The van der Waals surface area contributed by atoms with Crippen LogP contribution < -0.4 is 11.0 Å². The molecule has 0 atom stereocenters. The maximum atomic E-state index is 12.5. The van der Waals surface area contributed by atoms with E-state index in [4.69, 9.17) is 4.74 Å². The lowest BCUT2D eigenvalue weighted by atomic mass is 10.1. The number of carbonyl (C=O) groups excluding carboxylic acids is 1. The van der Waals surface area contributed by atoms with Crippen LogP contribution in [-0.4, -0.2) is 33.7 Å². The first-order valence-corrected chi connectivity index (χ1v) is 10.9. The molecule has 8 heteroatoms. The topological polar surface area (TPSA) is 78.1 Å². The lowest BCUT2D eigenvalue weighted by Gasteiger charge is -2.04. The number of aryl methyl sites for hydroxylation is 2. The number of fused-ring (bicyclic) bond motifs is 1. The van der Waals surface area contributed by atoms with Crippen molar-refractivity contribution in [3.8, 4) is 11.3 Å². The molecule has 7 nitrogen and oxygen atoms in total. The largest absolute Gasteiger partial charge is 0.384 e. The maximum Gasteiger partial charge on any atom is 0.328 e. The number of benzene rings is 2. The van der Waals surface area contributed by atoms with Crippen molar-refractivity contribution >= 4 is 33.4 Å². The van der Waals surface area contributed by atoms with Crippen LogP contribution in [0.1, 0.15) is 12.0 Å². The third kappa shape index (κ3) is 4.60. The van der Waals surface area contributed by atoms with E-state index in [1.165, 1.54) is 16.9 Å². The fourth-order valence-corrected chi connectivity index (χ4v) is 4.24. The van der Waals surface area contributed by atoms with Crippen LogP contribution in [0.25, 0.3) is 22.3 Å². The number of methoxy groups -OCH3 is 1. The summed E-state index contributed by atoms with van der Waals surface area (Å²) < 4.78 is 8.34. The molecule has 0 saturated heterocycles. The highest BCUT2D eigenvalue weighted by molar-refractivity contribution is 7.14. The summed E-state index contributed by atoms with van der Waals surface area (Å²) in [5.41, 5.74) is 4.58. The predicted octanol–water partition coefficient (Wildman–Crippen LogP) is 3.68. The van der Waals surface area contributed by atoms with E-state index in [1.807, 2.05) is 41.8 Å². The monoisotopic (exact) mass is 436 g/mol. The molecule has 0 radical (unpaired) electrons. The van der Waals surface area contributed by atoms with Crippen molar-refractivity contribution in [1.29, 1.82) is 0 Å². The minimum Gasteiger partial charge on any atom is -0.384 e. The van der Waals surface area contributed by atoms with Gasteiger partial charge in [0.1, 0.15) is 0 Å². The number of para-hydroxylation sites is 2. The van der Waals surface area contributed by atoms with Crippen LogP contribution in [0.4, 0.5) is 5.13 Å². The molecule has 2 aromatic carbocycles. The fourth-order valence-electron chi connectivity index (χ4n) is 3.50. The molecule has 0 aliphatic rings. The number of hydrogen-bond acceptors (Lipinski definition) is 5. The Kier molecular flexibility index (Phi) is 6.29. The molecule has 2 heterocycles. The Morgan fingerprint density at radius 1 is 1.13 bits per heavy atom. The molecule has 0 bridgehead atoms. The third-order valence-electron chi connectivity index (χ3n) is 5.21. The molecule has 0 saturated carbocycles. The third-order valence-corrected chi connectivity index (χ3v) is 5.97. The number of imidazole rings is 1. The van der Waals surface area contributed by atoms with Gasteiger partial charge < -0.3 is 10.1 Å². The summed E-state index contributed by atoms with van der Waals surface area (Å²) in [5.74, 6) is -0.171. The molecule has 0 fully saturated rings. The number of ether oxygens (including phenoxy) is 1. The Labute approximate surface area is 183 Å². The number of hydrogen-bond donors (Lipinski definition) is 1. The highest BCUT2D eigenvalue weighted by Gasteiger charge is 2.13. The van der Waals surface area contributed by atoms with Crippen LogP contribution in [0.2, 0.25) is 0 Å². The highest BCUT2D eigenvalue weighted by Crippen LogP contribution is 2.25. The Morgan fingerprint density at radius 3 is 2.61 bits per heavy atom. The zero-order chi connectivity index (χ0) is 21.8. The lowest BCUT2D eigenvalue weighted by Crippen LogP contribution is -2.24. The van der Waals surface area contributed by atoms with E-state index < -0.39 is 0 Å². The van der Waals surface area contributed by atoms with E-state index in [-0.39, 0.29) is 18.0 Å². The van der Waals surface area contributed by atoms with Crippen molar-refractivity contribution in [2.75, 3.05) is 19.0 Å². The van der Waals surface area contributed by atoms with E-state index in [9.17, 15) is 9.59 Å². The molecule has 0 spiro atoms. The van der Waals surface area contributed by atoms with Crippen molar-refractivity contribution in [1.82, 2.24) is 14.1 Å². The first kappa shape index (κ1) is 21.0. The molecule has 4 aromatic rings. The lowest BCUT2D eigenvalue weighted by molar-refractivity contribution is -0.116. The van der Waals surface area contributed by atoms with Gasteiger partial charge in [0, 0.05) is 38.1 Å². The van der Waals surface area contributed by atoms with Gasteiger partial charge in [-0.3, -0.25) is 13.9 Å². The summed E-state index contributed by atoms with van der Waals surface area (Å²) in [7, 11) is 3.43. The quantitative estimate of drug-likeness (QED) is 0.457. The fraction of sp³-hybridized carbons (Fsp3) is 0.261. The standard InChI is InChI=1S/C23H24N4O3S/c1-26-19-5-3-4-6-20(19)27(23(26)29)13-11-21(28)25-22-24-18(15-31-22)17-9-7-16(8-10-17)12-14-30-2/h3-10,15H,11-14H2,1-2H3,(H,24,25,28). The molecular weight excluding hydrogens is 412 g/mol. The zero-order valence-electron chi connectivity index (χ0n) is 17.5. The second-order valence-electron chi connectivity index (χ2n) is 7.26. The van der Waals surface area contributed by atoms with Crippen molar-refractivity contribution in [3.05, 3.63) is 70.0 Å². The van der Waals surface area contributed by atoms with E-state index in [2.05, 4.69) is 22.4 Å². The molecule has 4 rings (SSSR count). The average molecular weight is 437 g/mol. The highest BCUT2D eigenvalue weighted by atomic mass is 32.1. The number of thiazole rings is 1. The summed E-state index contributed by atoms with van der Waals surface area (Å²) in [6.45, 7) is 1.00. The number of nitrogens with one attached hydrogen (secondary N) is 1. The van der Waals surface area contributed by atoms with Gasteiger partial charge in [0.2, 0.25) is 5.91 Å². The van der Waals surface area contributed by atoms with E-state index in [1.54, 1.807) is 23.3 Å². The first-order chi connectivity index (χ1) is 15.1. The van der Waals surface area contributed by atoms with Crippen molar-refractivity contribution in [2.24, 2.45) is 7.05 Å². The van der Waals surface area contributed by atoms with Crippen molar-refractivity contribution < 1.29 is 9.53 Å². The predicted molar refractivity (Wildman–Crippen MR) is 124 cm³/mol. The van der Waals surface area contributed by atoms with Crippen LogP contribution in [0, 0.1) is 0 Å². The number of nitrogens with zero attached hydrogens (tertiary/aromatic N) is 3. The van der Waals surface area contributed by atoms with Gasteiger partial charge in [0.05, 0.1) is 23.3 Å². The van der Waals surface area contributed by atoms with Gasteiger partial charge in [-0.05, 0) is 24.1 Å². The van der Waals surface area contributed by atoms with Crippen molar-refractivity contribution in [3.63, 3.8) is 0 Å². The maximum absolute atomic E-state index is 12.5. The van der Waals surface area contributed by atoms with Gasteiger partial charge in [-0.25, -0.2) is 9.78 Å². The molecule has 1 amide bonds. The van der Waals surface area contributed by atoms with Gasteiger partial charge in [-0.1, -0.05) is 36.4 Å². The Morgan fingerprint density at radius 2 is 1.87 bits per heavy atom. The Hall–Kier alpha value is -3.23. The summed E-state index contributed by atoms with van der Waals surface area (Å²) in [5, 5.41) is 5.32. The SMILES string of the molecule is COCCc1ccc(-c2csc(NC(=O)CCn3c(=O)n(C)c4ccccc43)n2)cc1. The molecule has 31 heavy (non-hydrogen) atoms. The Bertz CT molecular complexity index is 1250. The molecular formula is C23H24N4O3S. The van der Waals surface area contributed by atoms with E-state index in [0.717, 1.165) is 28.7 Å². The van der Waals surface area contributed by atoms with E-state index >= 15 is 0 Å². The average Bonchev–Trinajstić information content (AvgIpc) is 3.34. The second kappa shape index (κ2) is 9.28. The van der Waals surface area contributed by atoms with Crippen LogP contribution in [0.3, 0.4) is 0 Å². The molecule has 1 N–H and O–H groups in total. The van der Waals surface area contributed by atoms with Gasteiger partial charge in [-0.15, -0.1) is 11.3 Å². The number of amides is 1. The number of aromatic nitrogens is 3. The van der Waals surface area contributed by atoms with E-state index in [0.29, 0.717) is 18.3 Å². The van der Waals surface area contributed by atoms with Gasteiger partial charge in [0.25, 0.3) is 0 Å². The molecule has 0 unspecified atom stereocenters. The summed E-state index contributed by atoms with van der Waals surface area (Å²) >= 11 is 1.39. The number of carbonyl (C=O) groups is 1. The minimum atomic E-state index is -0.171. The van der Waals surface area contributed by atoms with Crippen LogP contribution in [0.5, 0.6) is 0 Å². The molecule has 2 aromatic heterocycles. The van der Waals surface area contributed by atoms with Crippen LogP contribution in [0.15, 0.2) is 58.7 Å². The number of rotatable bonds is 8. The molecule has 0 aliphatic heterocycles. The second-order valence-corrected chi connectivity index (χ2v) is 8.12. The number of anilines is 1. The summed E-state index contributed by atoms with van der Waals surface area (Å²) in [6.07, 6.45) is 1.06. The smallest absolute Gasteiger partial charge is 0.328 e.